The molecule has 1 N–H and O–H groups in total. The van der Waals surface area contributed by atoms with E-state index < -0.39 is 0 Å². The van der Waals surface area contributed by atoms with Crippen molar-refractivity contribution in [2.24, 2.45) is 0 Å². The average molecular weight is 453 g/mol. The number of pyridine rings is 1. The number of carbonyl (C=O) groups is 1. The summed E-state index contributed by atoms with van der Waals surface area (Å²) in [5, 5.41) is 4.87. The van der Waals surface area contributed by atoms with E-state index in [-0.39, 0.29) is 11.9 Å². The molecular formula is C26H36N4O3. The van der Waals surface area contributed by atoms with Gasteiger partial charge in [0, 0.05) is 55.4 Å². The van der Waals surface area contributed by atoms with Gasteiger partial charge in [-0.15, -0.1) is 0 Å². The lowest BCUT2D eigenvalue weighted by molar-refractivity contribution is -0.132. The van der Waals surface area contributed by atoms with E-state index >= 15 is 0 Å². The maximum atomic E-state index is 12.0. The predicted molar refractivity (Wildman–Crippen MR) is 130 cm³/mol. The van der Waals surface area contributed by atoms with Crippen molar-refractivity contribution in [1.82, 2.24) is 14.8 Å². The molecule has 0 saturated carbocycles. The molecule has 2 saturated heterocycles. The van der Waals surface area contributed by atoms with E-state index in [1.807, 2.05) is 18.0 Å². The van der Waals surface area contributed by atoms with Gasteiger partial charge in [0.25, 0.3) is 0 Å². The second kappa shape index (κ2) is 9.75. The number of carbonyl (C=O) groups excluding carboxylic acids is 1. The van der Waals surface area contributed by atoms with Gasteiger partial charge in [0.1, 0.15) is 0 Å². The van der Waals surface area contributed by atoms with Crippen LogP contribution in [0.3, 0.4) is 0 Å². The number of hydrogen-bond acceptors (Lipinski definition) is 6. The van der Waals surface area contributed by atoms with Gasteiger partial charge in [-0.1, -0.05) is 0 Å². The fourth-order valence-corrected chi connectivity index (χ4v) is 5.52. The molecule has 2 aliphatic heterocycles. The highest BCUT2D eigenvalue weighted by Crippen LogP contribution is 2.40. The van der Waals surface area contributed by atoms with Gasteiger partial charge in [-0.25, -0.2) is 0 Å². The van der Waals surface area contributed by atoms with Gasteiger partial charge < -0.3 is 24.6 Å². The van der Waals surface area contributed by atoms with E-state index in [1.54, 1.807) is 7.11 Å². The Hall–Kier alpha value is -2.54. The van der Waals surface area contributed by atoms with Crippen molar-refractivity contribution >= 4 is 22.5 Å². The van der Waals surface area contributed by atoms with E-state index in [2.05, 4.69) is 16.3 Å². The Morgan fingerprint density at radius 2 is 1.97 bits per heavy atom. The lowest BCUT2D eigenvalue weighted by Crippen LogP contribution is -2.43. The van der Waals surface area contributed by atoms with E-state index in [1.165, 1.54) is 42.9 Å². The summed E-state index contributed by atoms with van der Waals surface area (Å²) >= 11 is 0. The standard InChI is InChI=1S/C26H36N4O3/c1-29-17-18(9-10-25(29)31)27-26-19-7-5-8-21(19)28-22-16-24(23(32-2)15-20(22)26)33-14-6-13-30-11-3-4-12-30/h15-16,18H,3-14,17H2,1-2H3,(H,27,28). The van der Waals surface area contributed by atoms with Crippen LogP contribution in [0.1, 0.15) is 49.8 Å². The molecule has 33 heavy (non-hydrogen) atoms. The van der Waals surface area contributed by atoms with Crippen LogP contribution < -0.4 is 14.8 Å². The molecule has 0 radical (unpaired) electrons. The first-order chi connectivity index (χ1) is 16.1. The van der Waals surface area contributed by atoms with Gasteiger partial charge in [-0.2, -0.15) is 0 Å². The van der Waals surface area contributed by atoms with Gasteiger partial charge in [0.15, 0.2) is 11.5 Å². The molecular weight excluding hydrogens is 416 g/mol. The van der Waals surface area contributed by atoms with Crippen LogP contribution in [0.2, 0.25) is 0 Å². The van der Waals surface area contributed by atoms with Crippen LogP contribution in [0.25, 0.3) is 10.9 Å². The fourth-order valence-electron chi connectivity index (χ4n) is 5.52. The molecule has 2 fully saturated rings. The van der Waals surface area contributed by atoms with Crippen molar-refractivity contribution in [1.29, 1.82) is 0 Å². The number of likely N-dealkylation sites (N-methyl/N-ethyl adjacent to an activating group) is 1. The zero-order valence-corrected chi connectivity index (χ0v) is 20.0. The van der Waals surface area contributed by atoms with Crippen LogP contribution in [0, 0.1) is 0 Å². The van der Waals surface area contributed by atoms with Crippen molar-refractivity contribution in [2.45, 2.75) is 57.4 Å². The Morgan fingerprint density at radius 1 is 1.12 bits per heavy atom. The molecule has 1 atom stereocenters. The molecule has 2 aromatic rings. The number of aryl methyl sites for hydroxylation is 1. The number of nitrogens with zero attached hydrogens (tertiary/aromatic N) is 3. The minimum atomic E-state index is 0.228. The second-order valence-electron chi connectivity index (χ2n) is 9.69. The minimum absolute atomic E-state index is 0.228. The average Bonchev–Trinajstić information content (AvgIpc) is 3.50. The molecule has 178 valence electrons. The molecule has 1 aromatic carbocycles. The van der Waals surface area contributed by atoms with Crippen LogP contribution in [0.4, 0.5) is 5.69 Å². The van der Waals surface area contributed by atoms with Crippen LogP contribution in [-0.4, -0.2) is 73.7 Å². The molecule has 0 spiro atoms. The zero-order valence-electron chi connectivity index (χ0n) is 20.0. The van der Waals surface area contributed by atoms with Crippen molar-refractivity contribution < 1.29 is 14.3 Å². The topological polar surface area (TPSA) is 66.9 Å². The quantitative estimate of drug-likeness (QED) is 0.617. The third-order valence-corrected chi connectivity index (χ3v) is 7.35. The molecule has 7 nitrogen and oxygen atoms in total. The summed E-state index contributed by atoms with van der Waals surface area (Å²) in [6, 6.07) is 4.37. The first kappa shape index (κ1) is 22.3. The monoisotopic (exact) mass is 452 g/mol. The Kier molecular flexibility index (Phi) is 6.58. The molecule has 5 rings (SSSR count). The third-order valence-electron chi connectivity index (χ3n) is 7.35. The zero-order chi connectivity index (χ0) is 22.8. The van der Waals surface area contributed by atoms with Crippen LogP contribution >= 0.6 is 0 Å². The Labute approximate surface area is 196 Å². The van der Waals surface area contributed by atoms with Crippen LogP contribution in [-0.2, 0) is 17.6 Å². The van der Waals surface area contributed by atoms with E-state index in [0.717, 1.165) is 67.6 Å². The summed E-state index contributed by atoms with van der Waals surface area (Å²) in [5.41, 5.74) is 4.63. The van der Waals surface area contributed by atoms with Crippen LogP contribution in [0.5, 0.6) is 11.5 Å². The highest BCUT2D eigenvalue weighted by atomic mass is 16.5. The summed E-state index contributed by atoms with van der Waals surface area (Å²) < 4.78 is 11.9. The largest absolute Gasteiger partial charge is 0.493 e. The minimum Gasteiger partial charge on any atom is -0.493 e. The highest BCUT2D eigenvalue weighted by Gasteiger charge is 2.27. The van der Waals surface area contributed by atoms with E-state index in [4.69, 9.17) is 14.5 Å². The fraction of sp³-hybridized carbons (Fsp3) is 0.615. The van der Waals surface area contributed by atoms with Crippen molar-refractivity contribution in [2.75, 3.05) is 52.3 Å². The predicted octanol–water partition coefficient (Wildman–Crippen LogP) is 3.63. The first-order valence-corrected chi connectivity index (χ1v) is 12.5. The lowest BCUT2D eigenvalue weighted by Gasteiger charge is -2.32. The number of anilines is 1. The number of rotatable bonds is 8. The van der Waals surface area contributed by atoms with Gasteiger partial charge in [0.2, 0.25) is 5.91 Å². The summed E-state index contributed by atoms with van der Waals surface area (Å²) in [5.74, 6) is 1.75. The number of piperidine rings is 1. The van der Waals surface area contributed by atoms with E-state index in [0.29, 0.717) is 13.0 Å². The van der Waals surface area contributed by atoms with Gasteiger partial charge >= 0.3 is 0 Å². The number of ether oxygens (including phenoxy) is 2. The summed E-state index contributed by atoms with van der Waals surface area (Å²) in [6.07, 6.45) is 8.29. The molecule has 1 aliphatic carbocycles. The number of fused-ring (bicyclic) bond motifs is 2. The summed E-state index contributed by atoms with van der Waals surface area (Å²) in [6.45, 7) is 4.93. The van der Waals surface area contributed by atoms with Crippen molar-refractivity contribution in [3.8, 4) is 11.5 Å². The number of benzene rings is 1. The molecule has 1 amide bonds. The number of nitrogens with one attached hydrogen (secondary N) is 1. The van der Waals surface area contributed by atoms with E-state index in [9.17, 15) is 4.79 Å². The normalized spacial score (nSPS) is 21.0. The Balaban J connectivity index is 1.39. The molecule has 3 heterocycles. The Morgan fingerprint density at radius 3 is 2.76 bits per heavy atom. The number of amides is 1. The Bertz CT molecular complexity index is 1020. The van der Waals surface area contributed by atoms with Gasteiger partial charge in [0.05, 0.1) is 19.2 Å². The summed E-state index contributed by atoms with van der Waals surface area (Å²) in [4.78, 5) is 21.3. The maximum absolute atomic E-state index is 12.0. The maximum Gasteiger partial charge on any atom is 0.222 e. The first-order valence-electron chi connectivity index (χ1n) is 12.5. The molecule has 1 aromatic heterocycles. The van der Waals surface area contributed by atoms with Gasteiger partial charge in [-0.3, -0.25) is 9.78 Å². The van der Waals surface area contributed by atoms with Crippen LogP contribution in [0.15, 0.2) is 12.1 Å². The van der Waals surface area contributed by atoms with Crippen molar-refractivity contribution in [3.05, 3.63) is 23.4 Å². The molecule has 0 bridgehead atoms. The number of hydrogen-bond donors (Lipinski definition) is 1. The molecule has 3 aliphatic rings. The molecule has 7 heteroatoms. The second-order valence-corrected chi connectivity index (χ2v) is 9.69. The molecule has 1 unspecified atom stereocenters. The highest BCUT2D eigenvalue weighted by molar-refractivity contribution is 5.96. The number of methoxy groups -OCH3 is 1. The summed E-state index contributed by atoms with van der Waals surface area (Å²) in [7, 11) is 3.59. The van der Waals surface area contributed by atoms with Crippen molar-refractivity contribution in [3.63, 3.8) is 0 Å². The number of likely N-dealkylation sites (tertiary alicyclic amines) is 2. The van der Waals surface area contributed by atoms with Gasteiger partial charge in [-0.05, 0) is 69.7 Å². The smallest absolute Gasteiger partial charge is 0.222 e. The number of aromatic nitrogens is 1. The SMILES string of the molecule is COc1cc2c(NC3CCC(=O)N(C)C3)c3c(nc2cc1OCCCN1CCCC1)CCC3. The third kappa shape index (κ3) is 4.74. The lowest BCUT2D eigenvalue weighted by atomic mass is 10.0.